The first-order valence-electron chi connectivity index (χ1n) is 6.23. The number of ether oxygens (including phenoxy) is 1. The van der Waals surface area contributed by atoms with Crippen LogP contribution < -0.4 is 5.73 Å². The van der Waals surface area contributed by atoms with Crippen LogP contribution in [0.2, 0.25) is 0 Å². The Morgan fingerprint density at radius 1 is 1.13 bits per heavy atom. The van der Waals surface area contributed by atoms with Crippen LogP contribution in [-0.4, -0.2) is 17.6 Å². The molecule has 92 valence electrons. The van der Waals surface area contributed by atoms with Gasteiger partial charge in [-0.15, -0.1) is 0 Å². The predicted octanol–water partition coefficient (Wildman–Crippen LogP) is 2.62. The molecule has 0 aliphatic heterocycles. The van der Waals surface area contributed by atoms with Gasteiger partial charge in [-0.05, 0) is 19.8 Å². The van der Waals surface area contributed by atoms with Crippen LogP contribution in [-0.2, 0) is 4.74 Å². The molecule has 0 heterocycles. The lowest BCUT2D eigenvalue weighted by Gasteiger charge is -2.32. The van der Waals surface area contributed by atoms with Gasteiger partial charge in [-0.3, -0.25) is 5.73 Å². The monoisotopic (exact) mass is 217 g/mol. The highest BCUT2D eigenvalue weighted by Gasteiger charge is 2.32. The molecule has 0 bridgehead atoms. The molecule has 0 amide bonds. The third-order valence-corrected chi connectivity index (χ3v) is 2.77. The highest BCUT2D eigenvalue weighted by atomic mass is 16.6. The molecule has 15 heavy (non-hydrogen) atoms. The molecule has 0 aromatic rings. The lowest BCUT2D eigenvalue weighted by Crippen LogP contribution is -2.49. The van der Waals surface area contributed by atoms with E-state index in [2.05, 4.69) is 13.8 Å². The summed E-state index contributed by atoms with van der Waals surface area (Å²) in [6.07, 6.45) is 6.35. The molecule has 0 saturated carbocycles. The molecule has 0 aromatic heterocycles. The minimum atomic E-state index is -1.43. The SMILES string of the molecule is CCCCC(CCCC)C(N)(O)OCC. The van der Waals surface area contributed by atoms with Crippen molar-refractivity contribution in [2.24, 2.45) is 11.7 Å². The Kier molecular flexibility index (Phi) is 8.02. The van der Waals surface area contributed by atoms with E-state index in [0.29, 0.717) is 6.61 Å². The molecular formula is C12H27NO2. The molecule has 0 fully saturated rings. The number of nitrogens with two attached hydrogens (primary N) is 1. The molecule has 0 aliphatic rings. The minimum absolute atomic E-state index is 0.0670. The van der Waals surface area contributed by atoms with E-state index in [1.54, 1.807) is 0 Å². The van der Waals surface area contributed by atoms with E-state index in [-0.39, 0.29) is 5.92 Å². The lowest BCUT2D eigenvalue weighted by molar-refractivity contribution is -0.233. The standard InChI is InChI=1S/C12H27NO2/c1-4-7-9-11(10-8-5-2)12(13,14)15-6-3/h11,14H,4-10,13H2,1-3H3. The fraction of sp³-hybridized carbons (Fsp3) is 1.00. The van der Waals surface area contributed by atoms with Crippen molar-refractivity contribution in [3.05, 3.63) is 0 Å². The largest absolute Gasteiger partial charge is 0.353 e. The van der Waals surface area contributed by atoms with Crippen LogP contribution in [0.4, 0.5) is 0 Å². The van der Waals surface area contributed by atoms with Crippen molar-refractivity contribution in [2.45, 2.75) is 65.2 Å². The zero-order valence-corrected chi connectivity index (χ0v) is 10.5. The van der Waals surface area contributed by atoms with Gasteiger partial charge < -0.3 is 9.84 Å². The fourth-order valence-electron chi connectivity index (χ4n) is 1.81. The van der Waals surface area contributed by atoms with E-state index >= 15 is 0 Å². The van der Waals surface area contributed by atoms with E-state index in [1.807, 2.05) is 6.92 Å². The first kappa shape index (κ1) is 14.9. The quantitative estimate of drug-likeness (QED) is 0.584. The molecular weight excluding hydrogens is 190 g/mol. The molecule has 3 heteroatoms. The molecule has 3 nitrogen and oxygen atoms in total. The molecule has 0 spiro atoms. The fourth-order valence-corrected chi connectivity index (χ4v) is 1.81. The van der Waals surface area contributed by atoms with Gasteiger partial charge in [0, 0.05) is 12.5 Å². The van der Waals surface area contributed by atoms with Crippen molar-refractivity contribution in [3.63, 3.8) is 0 Å². The number of unbranched alkanes of at least 4 members (excludes halogenated alkanes) is 2. The Morgan fingerprint density at radius 3 is 1.93 bits per heavy atom. The van der Waals surface area contributed by atoms with Crippen LogP contribution >= 0.6 is 0 Å². The van der Waals surface area contributed by atoms with Crippen LogP contribution in [0, 0.1) is 5.92 Å². The van der Waals surface area contributed by atoms with E-state index < -0.39 is 5.91 Å². The number of hydrogen-bond donors (Lipinski definition) is 2. The minimum Gasteiger partial charge on any atom is -0.353 e. The van der Waals surface area contributed by atoms with Crippen molar-refractivity contribution < 1.29 is 9.84 Å². The first-order valence-corrected chi connectivity index (χ1v) is 6.23. The summed E-state index contributed by atoms with van der Waals surface area (Å²) in [6.45, 7) is 6.61. The summed E-state index contributed by atoms with van der Waals surface area (Å²) in [5.74, 6) is -1.36. The zero-order valence-electron chi connectivity index (χ0n) is 10.5. The Bertz CT molecular complexity index is 141. The highest BCUT2D eigenvalue weighted by molar-refractivity contribution is 4.72. The van der Waals surface area contributed by atoms with Crippen LogP contribution in [0.1, 0.15) is 59.3 Å². The highest BCUT2D eigenvalue weighted by Crippen LogP contribution is 2.25. The van der Waals surface area contributed by atoms with Crippen molar-refractivity contribution in [2.75, 3.05) is 6.61 Å². The lowest BCUT2D eigenvalue weighted by atomic mass is 9.92. The summed E-state index contributed by atoms with van der Waals surface area (Å²) in [5.41, 5.74) is 5.79. The first-order chi connectivity index (χ1) is 7.08. The van der Waals surface area contributed by atoms with Crippen molar-refractivity contribution in [1.82, 2.24) is 0 Å². The van der Waals surface area contributed by atoms with E-state index in [9.17, 15) is 5.11 Å². The van der Waals surface area contributed by atoms with Crippen LogP contribution in [0.15, 0.2) is 0 Å². The number of aliphatic hydroxyl groups is 1. The third-order valence-electron chi connectivity index (χ3n) is 2.77. The zero-order chi connectivity index (χ0) is 11.7. The van der Waals surface area contributed by atoms with E-state index in [4.69, 9.17) is 10.5 Å². The van der Waals surface area contributed by atoms with Gasteiger partial charge in [0.25, 0.3) is 0 Å². The van der Waals surface area contributed by atoms with Gasteiger partial charge in [-0.1, -0.05) is 39.5 Å². The molecule has 0 radical (unpaired) electrons. The molecule has 3 N–H and O–H groups in total. The maximum Gasteiger partial charge on any atom is 0.225 e. The Hall–Kier alpha value is -0.120. The van der Waals surface area contributed by atoms with Gasteiger partial charge in [-0.2, -0.15) is 0 Å². The second kappa shape index (κ2) is 8.08. The normalized spacial score (nSPS) is 15.6. The van der Waals surface area contributed by atoms with Gasteiger partial charge in [0.1, 0.15) is 0 Å². The van der Waals surface area contributed by atoms with Crippen LogP contribution in [0.5, 0.6) is 0 Å². The predicted molar refractivity (Wildman–Crippen MR) is 63.3 cm³/mol. The van der Waals surface area contributed by atoms with E-state index in [1.165, 1.54) is 0 Å². The summed E-state index contributed by atoms with van der Waals surface area (Å²) >= 11 is 0. The van der Waals surface area contributed by atoms with Gasteiger partial charge in [0.15, 0.2) is 0 Å². The topological polar surface area (TPSA) is 55.5 Å². The molecule has 0 rings (SSSR count). The van der Waals surface area contributed by atoms with Crippen LogP contribution in [0.3, 0.4) is 0 Å². The van der Waals surface area contributed by atoms with Crippen LogP contribution in [0.25, 0.3) is 0 Å². The Labute approximate surface area is 94.0 Å². The maximum absolute atomic E-state index is 9.98. The Morgan fingerprint density at radius 2 is 1.60 bits per heavy atom. The summed E-state index contributed by atoms with van der Waals surface area (Å²) in [6, 6.07) is 0. The third kappa shape index (κ3) is 6.13. The number of hydrogen-bond acceptors (Lipinski definition) is 3. The second-order valence-electron chi connectivity index (χ2n) is 4.17. The molecule has 0 saturated heterocycles. The average Bonchev–Trinajstić information content (AvgIpc) is 2.17. The number of rotatable bonds is 9. The molecule has 0 aromatic carbocycles. The van der Waals surface area contributed by atoms with Crippen molar-refractivity contribution in [3.8, 4) is 0 Å². The molecule has 0 aliphatic carbocycles. The van der Waals surface area contributed by atoms with E-state index in [0.717, 1.165) is 38.5 Å². The maximum atomic E-state index is 9.98. The summed E-state index contributed by atoms with van der Waals surface area (Å²) < 4.78 is 5.22. The molecule has 1 atom stereocenters. The average molecular weight is 217 g/mol. The smallest absolute Gasteiger partial charge is 0.225 e. The summed E-state index contributed by atoms with van der Waals surface area (Å²) in [7, 11) is 0. The van der Waals surface area contributed by atoms with Crippen molar-refractivity contribution >= 4 is 0 Å². The molecule has 1 unspecified atom stereocenters. The summed E-state index contributed by atoms with van der Waals surface area (Å²) in [4.78, 5) is 0. The Balaban J connectivity index is 4.17. The summed E-state index contributed by atoms with van der Waals surface area (Å²) in [5, 5.41) is 9.98. The van der Waals surface area contributed by atoms with Gasteiger partial charge >= 0.3 is 0 Å². The van der Waals surface area contributed by atoms with Gasteiger partial charge in [0.2, 0.25) is 5.91 Å². The van der Waals surface area contributed by atoms with Gasteiger partial charge in [0.05, 0.1) is 0 Å². The van der Waals surface area contributed by atoms with Gasteiger partial charge in [-0.25, -0.2) is 0 Å². The second-order valence-corrected chi connectivity index (χ2v) is 4.17. The van der Waals surface area contributed by atoms with Crippen molar-refractivity contribution in [1.29, 1.82) is 0 Å².